The van der Waals surface area contributed by atoms with E-state index in [1.54, 1.807) is 13.1 Å². The molecule has 0 bridgehead atoms. The lowest BCUT2D eigenvalue weighted by atomic mass is 9.85. The van der Waals surface area contributed by atoms with Crippen LogP contribution in [0.5, 0.6) is 0 Å². The van der Waals surface area contributed by atoms with Crippen molar-refractivity contribution >= 4 is 22.8 Å². The predicted molar refractivity (Wildman–Crippen MR) is 105 cm³/mol. The summed E-state index contributed by atoms with van der Waals surface area (Å²) >= 11 is 0. The van der Waals surface area contributed by atoms with E-state index < -0.39 is 6.10 Å². The van der Waals surface area contributed by atoms with Crippen molar-refractivity contribution in [2.24, 2.45) is 5.92 Å². The van der Waals surface area contributed by atoms with Gasteiger partial charge in [-0.15, -0.1) is 0 Å². The number of carbonyl (C=O) groups is 2. The maximum atomic E-state index is 12.3. The van der Waals surface area contributed by atoms with Gasteiger partial charge in [-0.1, -0.05) is 30.4 Å². The van der Waals surface area contributed by atoms with Crippen LogP contribution in [0.2, 0.25) is 0 Å². The van der Waals surface area contributed by atoms with Crippen LogP contribution in [0.1, 0.15) is 45.3 Å². The molecule has 0 aliphatic carbocycles. The van der Waals surface area contributed by atoms with Crippen molar-refractivity contribution in [3.8, 4) is 0 Å². The van der Waals surface area contributed by atoms with Crippen molar-refractivity contribution in [2.45, 2.75) is 45.8 Å². The fraction of sp³-hybridized carbons (Fsp3) is 0.409. The van der Waals surface area contributed by atoms with E-state index in [1.165, 1.54) is 6.92 Å². The molecular weight excluding hydrogens is 340 g/mol. The van der Waals surface area contributed by atoms with Crippen LogP contribution in [0.25, 0.3) is 10.9 Å². The molecule has 1 saturated heterocycles. The minimum atomic E-state index is -0.521. The lowest BCUT2D eigenvalue weighted by molar-refractivity contribution is -0.156. The number of esters is 1. The van der Waals surface area contributed by atoms with E-state index in [4.69, 9.17) is 4.74 Å². The van der Waals surface area contributed by atoms with Crippen LogP contribution < -0.4 is 0 Å². The van der Waals surface area contributed by atoms with Gasteiger partial charge < -0.3 is 9.64 Å². The molecule has 0 radical (unpaired) electrons. The molecule has 0 spiro atoms. The average molecular weight is 366 g/mol. The highest BCUT2D eigenvalue weighted by atomic mass is 16.5. The molecule has 1 fully saturated rings. The number of pyridine rings is 1. The minimum absolute atomic E-state index is 0.00874. The molecule has 5 nitrogen and oxygen atoms in total. The number of carbonyl (C=O) groups excluding carboxylic acids is 2. The molecule has 2 aromatic rings. The number of nitrogens with zero attached hydrogens (tertiary/aromatic N) is 2. The number of likely N-dealkylation sites (tertiary alicyclic amines) is 1. The molecule has 2 heterocycles. The van der Waals surface area contributed by atoms with Gasteiger partial charge in [0.25, 0.3) is 0 Å². The number of hydrogen-bond donors (Lipinski definition) is 0. The molecule has 3 atom stereocenters. The number of ether oxygens (including phenoxy) is 1. The summed E-state index contributed by atoms with van der Waals surface area (Å²) in [4.78, 5) is 30.5. The van der Waals surface area contributed by atoms with E-state index in [0.29, 0.717) is 12.5 Å². The van der Waals surface area contributed by atoms with Crippen molar-refractivity contribution < 1.29 is 14.3 Å². The molecule has 142 valence electrons. The Morgan fingerprint density at radius 3 is 2.74 bits per heavy atom. The van der Waals surface area contributed by atoms with Gasteiger partial charge in [-0.05, 0) is 37.8 Å². The Hall–Kier alpha value is -2.69. The van der Waals surface area contributed by atoms with Crippen LogP contribution in [0.4, 0.5) is 0 Å². The average Bonchev–Trinajstić information content (AvgIpc) is 2.65. The van der Waals surface area contributed by atoms with Crippen molar-refractivity contribution in [1.29, 1.82) is 0 Å². The fourth-order valence-corrected chi connectivity index (χ4v) is 4.05. The van der Waals surface area contributed by atoms with Gasteiger partial charge >= 0.3 is 5.97 Å². The number of benzene rings is 1. The second kappa shape index (κ2) is 8.33. The second-order valence-electron chi connectivity index (χ2n) is 7.04. The van der Waals surface area contributed by atoms with Crippen LogP contribution in [0, 0.1) is 5.92 Å². The van der Waals surface area contributed by atoms with Crippen molar-refractivity contribution in [3.63, 3.8) is 0 Å². The number of allylic oxidation sites excluding steroid dienone is 2. The summed E-state index contributed by atoms with van der Waals surface area (Å²) in [5.41, 5.74) is 1.75. The Labute approximate surface area is 160 Å². The first kappa shape index (κ1) is 19.1. The van der Waals surface area contributed by atoms with Crippen LogP contribution in [-0.2, 0) is 14.3 Å². The molecule has 0 saturated carbocycles. The molecule has 5 heteroatoms. The maximum absolute atomic E-state index is 12.3. The third-order valence-electron chi connectivity index (χ3n) is 5.19. The maximum Gasteiger partial charge on any atom is 0.303 e. The summed E-state index contributed by atoms with van der Waals surface area (Å²) in [6.45, 7) is 5.67. The Morgan fingerprint density at radius 2 is 2.04 bits per heavy atom. The van der Waals surface area contributed by atoms with Gasteiger partial charge in [-0.3, -0.25) is 14.6 Å². The Balaban J connectivity index is 2.08. The fourth-order valence-electron chi connectivity index (χ4n) is 4.05. The summed E-state index contributed by atoms with van der Waals surface area (Å²) in [5.74, 6) is 0.0220. The first-order valence-electron chi connectivity index (χ1n) is 9.42. The molecule has 1 aliphatic heterocycles. The summed E-state index contributed by atoms with van der Waals surface area (Å²) in [6.07, 6.45) is 7.13. The molecule has 0 unspecified atom stereocenters. The second-order valence-corrected chi connectivity index (χ2v) is 7.04. The SMILES string of the molecule is C/C=C/[C@H]1CCN(C(C)=O)[C@@H]([C@@H](OC(C)=O)c2ccnc3ccccc23)C1. The first-order valence-corrected chi connectivity index (χ1v) is 9.42. The van der Waals surface area contributed by atoms with Gasteiger partial charge in [0, 0.05) is 37.5 Å². The predicted octanol–water partition coefficient (Wildman–Crippen LogP) is 4.04. The van der Waals surface area contributed by atoms with Gasteiger partial charge in [0.1, 0.15) is 6.10 Å². The third-order valence-corrected chi connectivity index (χ3v) is 5.19. The Kier molecular flexibility index (Phi) is 5.89. The van der Waals surface area contributed by atoms with E-state index in [1.807, 2.05) is 48.2 Å². The number of piperidine rings is 1. The number of aromatic nitrogens is 1. The molecule has 1 aromatic carbocycles. The number of para-hydroxylation sites is 1. The normalized spacial score (nSPS) is 21.4. The molecule has 1 amide bonds. The zero-order valence-corrected chi connectivity index (χ0v) is 16.1. The lowest BCUT2D eigenvalue weighted by Crippen LogP contribution is -2.48. The Bertz CT molecular complexity index is 856. The van der Waals surface area contributed by atoms with Crippen LogP contribution >= 0.6 is 0 Å². The van der Waals surface area contributed by atoms with E-state index >= 15 is 0 Å². The van der Waals surface area contributed by atoms with E-state index in [0.717, 1.165) is 29.3 Å². The topological polar surface area (TPSA) is 59.5 Å². The van der Waals surface area contributed by atoms with Crippen LogP contribution in [-0.4, -0.2) is 34.3 Å². The highest BCUT2D eigenvalue weighted by Crippen LogP contribution is 2.37. The van der Waals surface area contributed by atoms with Crippen molar-refractivity contribution in [3.05, 3.63) is 54.2 Å². The molecule has 27 heavy (non-hydrogen) atoms. The standard InChI is InChI=1S/C22H26N2O3/c1-4-7-17-11-13-24(15(2)25)21(14-17)22(27-16(3)26)19-10-12-23-20-9-6-5-8-18(19)20/h4-10,12,17,21-22H,11,13-14H2,1-3H3/b7-4+/t17-,21+,22-/m0/s1. The monoisotopic (exact) mass is 366 g/mol. The lowest BCUT2D eigenvalue weighted by Gasteiger charge is -2.42. The van der Waals surface area contributed by atoms with E-state index in [-0.39, 0.29) is 17.9 Å². The van der Waals surface area contributed by atoms with E-state index in [2.05, 4.69) is 11.1 Å². The van der Waals surface area contributed by atoms with Crippen LogP contribution in [0.3, 0.4) is 0 Å². The molecule has 1 aromatic heterocycles. The van der Waals surface area contributed by atoms with Crippen molar-refractivity contribution in [1.82, 2.24) is 9.88 Å². The van der Waals surface area contributed by atoms with Gasteiger partial charge in [0.05, 0.1) is 11.6 Å². The third kappa shape index (κ3) is 4.18. The first-order chi connectivity index (χ1) is 13.0. The van der Waals surface area contributed by atoms with Gasteiger partial charge in [-0.2, -0.15) is 0 Å². The molecule has 1 aliphatic rings. The van der Waals surface area contributed by atoms with Crippen LogP contribution in [0.15, 0.2) is 48.7 Å². The number of rotatable bonds is 4. The summed E-state index contributed by atoms with van der Waals surface area (Å²) in [5, 5.41) is 0.947. The van der Waals surface area contributed by atoms with Crippen molar-refractivity contribution in [2.75, 3.05) is 6.54 Å². The minimum Gasteiger partial charge on any atom is -0.455 e. The summed E-state index contributed by atoms with van der Waals surface area (Å²) in [6, 6.07) is 9.50. The number of hydrogen-bond acceptors (Lipinski definition) is 4. The zero-order valence-electron chi connectivity index (χ0n) is 16.1. The Morgan fingerprint density at radius 1 is 1.26 bits per heavy atom. The highest BCUT2D eigenvalue weighted by molar-refractivity contribution is 5.83. The number of amides is 1. The van der Waals surface area contributed by atoms with Gasteiger partial charge in [0.15, 0.2) is 0 Å². The van der Waals surface area contributed by atoms with Gasteiger partial charge in [0.2, 0.25) is 5.91 Å². The smallest absolute Gasteiger partial charge is 0.303 e. The number of fused-ring (bicyclic) bond motifs is 1. The quantitative estimate of drug-likeness (QED) is 0.605. The molecular formula is C22H26N2O3. The molecule has 3 rings (SSSR count). The van der Waals surface area contributed by atoms with E-state index in [9.17, 15) is 9.59 Å². The summed E-state index contributed by atoms with van der Waals surface area (Å²) in [7, 11) is 0. The highest BCUT2D eigenvalue weighted by Gasteiger charge is 2.38. The van der Waals surface area contributed by atoms with Gasteiger partial charge in [-0.25, -0.2) is 0 Å². The largest absolute Gasteiger partial charge is 0.455 e. The zero-order chi connectivity index (χ0) is 19.4. The summed E-state index contributed by atoms with van der Waals surface area (Å²) < 4.78 is 5.81. The molecule has 0 N–H and O–H groups in total.